The summed E-state index contributed by atoms with van der Waals surface area (Å²) in [7, 11) is -1.41. The normalized spacial score (nSPS) is 12.3. The molecule has 0 bridgehead atoms. The lowest BCUT2D eigenvalue weighted by molar-refractivity contribution is -0.114. The first-order valence-corrected chi connectivity index (χ1v) is 12.7. The third-order valence-electron chi connectivity index (χ3n) is 4.52. The summed E-state index contributed by atoms with van der Waals surface area (Å²) in [5, 5.41) is 5.56. The molecule has 0 unspecified atom stereocenters. The Bertz CT molecular complexity index is 948. The van der Waals surface area contributed by atoms with Gasteiger partial charge in [0.05, 0.1) is 13.6 Å². The van der Waals surface area contributed by atoms with Gasteiger partial charge in [-0.2, -0.15) is 0 Å². The highest BCUT2D eigenvalue weighted by atomic mass is 28.3. The topological polar surface area (TPSA) is 34.0 Å². The Kier molecular flexibility index (Phi) is 4.50. The van der Waals surface area contributed by atoms with Crippen LogP contribution in [0.3, 0.4) is 0 Å². The minimum atomic E-state index is -1.41. The number of hydrogen-bond acceptors (Lipinski definition) is 1. The van der Waals surface area contributed by atoms with E-state index in [4.69, 9.17) is 0 Å². The molecule has 1 heterocycles. The second kappa shape index (κ2) is 6.34. The zero-order valence-corrected chi connectivity index (χ0v) is 17.1. The molecule has 0 radical (unpaired) electrons. The van der Waals surface area contributed by atoms with Crippen LogP contribution in [0.5, 0.6) is 0 Å². The number of anilines is 1. The maximum Gasteiger partial charge on any atom is 0.221 e. The van der Waals surface area contributed by atoms with Gasteiger partial charge in [0.15, 0.2) is 0 Å². The van der Waals surface area contributed by atoms with Gasteiger partial charge in [0.1, 0.15) is 0 Å². The van der Waals surface area contributed by atoms with Gasteiger partial charge < -0.3 is 9.88 Å². The van der Waals surface area contributed by atoms with Crippen LogP contribution < -0.4 is 5.32 Å². The van der Waals surface area contributed by atoms with E-state index in [9.17, 15) is 4.79 Å². The fourth-order valence-electron chi connectivity index (χ4n) is 3.58. The van der Waals surface area contributed by atoms with E-state index >= 15 is 0 Å². The number of aryl methyl sites for hydroxylation is 1. The predicted molar refractivity (Wildman–Crippen MR) is 111 cm³/mol. The zero-order chi connectivity index (χ0) is 18.4. The standard InChI is InChI=1S/C21H28N2OSi/c1-14(2)23-19-11-10-16(22-20(24)13-25(4,5)6)12-18(19)17-9-7-8-15(3)21(17)23/h7-12,14H,13H2,1-6H3,(H,22,24). The van der Waals surface area contributed by atoms with Crippen LogP contribution in [0.2, 0.25) is 25.7 Å². The molecule has 3 aromatic rings. The SMILES string of the molecule is Cc1cccc2c3cc(NC(=O)C[Si](C)(C)C)ccc3n(C(C)C)c12. The first-order chi connectivity index (χ1) is 11.7. The van der Waals surface area contributed by atoms with Gasteiger partial charge in [0.25, 0.3) is 0 Å². The lowest BCUT2D eigenvalue weighted by atomic mass is 10.1. The van der Waals surface area contributed by atoms with Crippen LogP contribution in [0.15, 0.2) is 36.4 Å². The molecule has 0 fully saturated rings. The van der Waals surface area contributed by atoms with Crippen LogP contribution in [0.25, 0.3) is 21.8 Å². The number of nitrogens with zero attached hydrogens (tertiary/aromatic N) is 1. The smallest absolute Gasteiger partial charge is 0.221 e. The molecule has 0 aliphatic heterocycles. The summed E-state index contributed by atoms with van der Waals surface area (Å²) in [5.41, 5.74) is 4.69. The molecule has 0 saturated carbocycles. The Morgan fingerprint density at radius 3 is 2.48 bits per heavy atom. The second-order valence-electron chi connectivity index (χ2n) is 8.45. The molecule has 4 heteroatoms. The number of carbonyl (C=O) groups excluding carboxylic acids is 1. The van der Waals surface area contributed by atoms with Gasteiger partial charge in [0, 0.05) is 34.1 Å². The fraction of sp³-hybridized carbons (Fsp3) is 0.381. The molecule has 3 rings (SSSR count). The Hall–Kier alpha value is -2.07. The number of rotatable bonds is 4. The number of para-hydroxylation sites is 1. The molecule has 0 spiro atoms. The monoisotopic (exact) mass is 352 g/mol. The largest absolute Gasteiger partial charge is 0.338 e. The van der Waals surface area contributed by atoms with Crippen LogP contribution in [0.4, 0.5) is 5.69 Å². The summed E-state index contributed by atoms with van der Waals surface area (Å²) >= 11 is 0. The van der Waals surface area contributed by atoms with E-state index in [2.05, 4.69) is 80.6 Å². The van der Waals surface area contributed by atoms with Crippen LogP contribution in [-0.2, 0) is 4.79 Å². The van der Waals surface area contributed by atoms with Gasteiger partial charge in [-0.05, 0) is 44.5 Å². The van der Waals surface area contributed by atoms with Crippen molar-refractivity contribution >= 4 is 41.5 Å². The van der Waals surface area contributed by atoms with Crippen molar-refractivity contribution in [2.75, 3.05) is 5.32 Å². The lowest BCUT2D eigenvalue weighted by Crippen LogP contribution is -2.27. The highest BCUT2D eigenvalue weighted by Crippen LogP contribution is 2.35. The van der Waals surface area contributed by atoms with Crippen molar-refractivity contribution in [3.63, 3.8) is 0 Å². The summed E-state index contributed by atoms with van der Waals surface area (Å²) < 4.78 is 2.40. The molecule has 3 nitrogen and oxygen atoms in total. The van der Waals surface area contributed by atoms with E-state index in [-0.39, 0.29) is 5.91 Å². The number of hydrogen-bond donors (Lipinski definition) is 1. The van der Waals surface area contributed by atoms with Crippen molar-refractivity contribution in [1.82, 2.24) is 4.57 Å². The van der Waals surface area contributed by atoms with Crippen LogP contribution in [0.1, 0.15) is 25.5 Å². The molecule has 25 heavy (non-hydrogen) atoms. The zero-order valence-electron chi connectivity index (χ0n) is 16.1. The molecule has 132 valence electrons. The third kappa shape index (κ3) is 3.49. The first kappa shape index (κ1) is 17.7. The van der Waals surface area contributed by atoms with Crippen LogP contribution in [0, 0.1) is 6.92 Å². The number of carbonyl (C=O) groups is 1. The minimum Gasteiger partial charge on any atom is -0.338 e. The molecule has 1 N–H and O–H groups in total. The minimum absolute atomic E-state index is 0.127. The van der Waals surface area contributed by atoms with Gasteiger partial charge in [-0.1, -0.05) is 37.8 Å². The van der Waals surface area contributed by atoms with Gasteiger partial charge in [-0.15, -0.1) is 0 Å². The highest BCUT2D eigenvalue weighted by Gasteiger charge is 2.19. The van der Waals surface area contributed by atoms with E-state index in [1.54, 1.807) is 0 Å². The number of aromatic nitrogens is 1. The van der Waals surface area contributed by atoms with E-state index in [1.165, 1.54) is 27.4 Å². The van der Waals surface area contributed by atoms with Gasteiger partial charge >= 0.3 is 0 Å². The Morgan fingerprint density at radius 2 is 1.84 bits per heavy atom. The summed E-state index contributed by atoms with van der Waals surface area (Å²) in [6, 6.07) is 13.8. The van der Waals surface area contributed by atoms with E-state index in [1.807, 2.05) is 6.07 Å². The summed E-state index contributed by atoms with van der Waals surface area (Å²) in [4.78, 5) is 12.3. The van der Waals surface area contributed by atoms with Crippen molar-refractivity contribution in [3.8, 4) is 0 Å². The number of nitrogens with one attached hydrogen (secondary N) is 1. The Labute approximate surface area is 151 Å². The molecule has 0 aliphatic rings. The summed E-state index contributed by atoms with van der Waals surface area (Å²) in [6.07, 6.45) is 0. The molecule has 1 aromatic heterocycles. The summed E-state index contributed by atoms with van der Waals surface area (Å²) in [6.45, 7) is 13.2. The molecule has 0 aliphatic carbocycles. The number of fused-ring (bicyclic) bond motifs is 3. The van der Waals surface area contributed by atoms with Crippen LogP contribution >= 0.6 is 0 Å². The van der Waals surface area contributed by atoms with E-state index < -0.39 is 8.07 Å². The van der Waals surface area contributed by atoms with Gasteiger partial charge in [-0.25, -0.2) is 0 Å². The van der Waals surface area contributed by atoms with Crippen molar-refractivity contribution in [2.24, 2.45) is 0 Å². The molecular weight excluding hydrogens is 324 g/mol. The molecular formula is C21H28N2OSi. The quantitative estimate of drug-likeness (QED) is 0.577. The Morgan fingerprint density at radius 1 is 1.12 bits per heavy atom. The van der Waals surface area contributed by atoms with E-state index in [0.717, 1.165) is 5.69 Å². The van der Waals surface area contributed by atoms with Gasteiger partial charge in [0.2, 0.25) is 5.91 Å². The van der Waals surface area contributed by atoms with Crippen molar-refractivity contribution in [1.29, 1.82) is 0 Å². The van der Waals surface area contributed by atoms with Crippen molar-refractivity contribution < 1.29 is 4.79 Å². The molecule has 0 saturated heterocycles. The number of benzene rings is 2. The molecule has 0 atom stereocenters. The maximum atomic E-state index is 12.3. The van der Waals surface area contributed by atoms with Crippen molar-refractivity contribution in [3.05, 3.63) is 42.0 Å². The maximum absolute atomic E-state index is 12.3. The average molecular weight is 353 g/mol. The predicted octanol–water partition coefficient (Wildman–Crippen LogP) is 5.96. The van der Waals surface area contributed by atoms with Gasteiger partial charge in [-0.3, -0.25) is 4.79 Å². The fourth-order valence-corrected chi connectivity index (χ4v) is 4.63. The highest BCUT2D eigenvalue weighted by molar-refractivity contribution is 6.79. The number of amides is 1. The lowest BCUT2D eigenvalue weighted by Gasteiger charge is -2.15. The Balaban J connectivity index is 2.11. The molecule has 2 aromatic carbocycles. The second-order valence-corrected chi connectivity index (χ2v) is 13.9. The summed E-state index contributed by atoms with van der Waals surface area (Å²) in [5.74, 6) is 0.127. The third-order valence-corrected chi connectivity index (χ3v) is 5.90. The molecule has 1 amide bonds. The van der Waals surface area contributed by atoms with Crippen molar-refractivity contribution in [2.45, 2.75) is 52.5 Å². The average Bonchev–Trinajstić information content (AvgIpc) is 2.81. The van der Waals surface area contributed by atoms with Crippen LogP contribution in [-0.4, -0.2) is 18.5 Å². The first-order valence-electron chi connectivity index (χ1n) is 9.00. The van der Waals surface area contributed by atoms with E-state index in [0.29, 0.717) is 12.1 Å².